The summed E-state index contributed by atoms with van der Waals surface area (Å²) in [4.78, 5) is 0. The highest BCUT2D eigenvalue weighted by Crippen LogP contribution is 2.18. The zero-order valence-corrected chi connectivity index (χ0v) is 13.0. The molecule has 1 aromatic rings. The topological polar surface area (TPSA) is 39.7 Å². The van der Waals surface area contributed by atoms with Crippen molar-refractivity contribution in [3.05, 3.63) is 29.8 Å². The molecule has 114 valence electrons. The lowest BCUT2D eigenvalue weighted by molar-refractivity contribution is -0.138. The molecule has 0 spiro atoms. The molecule has 1 aromatic carbocycles. The van der Waals surface area contributed by atoms with Gasteiger partial charge in [-0.3, -0.25) is 0 Å². The number of hydrogen-bond donors (Lipinski definition) is 1. The fourth-order valence-electron chi connectivity index (χ4n) is 2.03. The zero-order chi connectivity index (χ0) is 14.8. The second-order valence-corrected chi connectivity index (χ2v) is 4.58. The fourth-order valence-corrected chi connectivity index (χ4v) is 2.03. The van der Waals surface area contributed by atoms with Gasteiger partial charge in [0, 0.05) is 32.2 Å². The van der Waals surface area contributed by atoms with Gasteiger partial charge in [-0.1, -0.05) is 12.1 Å². The van der Waals surface area contributed by atoms with Crippen molar-refractivity contribution in [2.45, 2.75) is 39.5 Å². The molecule has 1 N–H and O–H groups in total. The van der Waals surface area contributed by atoms with Crippen LogP contribution in [0, 0.1) is 0 Å². The Kier molecular flexibility index (Phi) is 8.26. The van der Waals surface area contributed by atoms with Crippen LogP contribution >= 0.6 is 0 Å². The first kappa shape index (κ1) is 17.0. The summed E-state index contributed by atoms with van der Waals surface area (Å²) in [6.07, 6.45) is 0.728. The molecule has 1 atom stereocenters. The summed E-state index contributed by atoms with van der Waals surface area (Å²) in [5, 5.41) is 3.48. The van der Waals surface area contributed by atoms with E-state index in [2.05, 4.69) is 24.4 Å². The summed E-state index contributed by atoms with van der Waals surface area (Å²) in [5.41, 5.74) is 1.22. The average molecular weight is 281 g/mol. The molecule has 0 bridgehead atoms. The minimum Gasteiger partial charge on any atom is -0.497 e. The summed E-state index contributed by atoms with van der Waals surface area (Å²) in [6.45, 7) is 8.32. The third-order valence-corrected chi connectivity index (χ3v) is 3.13. The summed E-state index contributed by atoms with van der Waals surface area (Å²) < 4.78 is 16.3. The summed E-state index contributed by atoms with van der Waals surface area (Å²) in [6, 6.07) is 8.39. The maximum absolute atomic E-state index is 5.52. The van der Waals surface area contributed by atoms with Crippen LogP contribution in [-0.4, -0.2) is 33.2 Å². The van der Waals surface area contributed by atoms with Crippen LogP contribution in [-0.2, 0) is 9.47 Å². The number of hydrogen-bond acceptors (Lipinski definition) is 4. The Morgan fingerprint density at radius 3 is 2.45 bits per heavy atom. The van der Waals surface area contributed by atoms with Crippen LogP contribution in [0.5, 0.6) is 5.75 Å². The van der Waals surface area contributed by atoms with E-state index in [1.807, 2.05) is 26.0 Å². The van der Waals surface area contributed by atoms with E-state index in [0.717, 1.165) is 18.7 Å². The van der Waals surface area contributed by atoms with Gasteiger partial charge >= 0.3 is 0 Å². The molecule has 0 aliphatic carbocycles. The third kappa shape index (κ3) is 5.90. The van der Waals surface area contributed by atoms with E-state index in [4.69, 9.17) is 14.2 Å². The molecule has 0 radical (unpaired) electrons. The molecule has 1 rings (SSSR count). The standard InChI is InChI=1S/C16H27NO3/c1-5-19-16(20-6-2)10-11-17-13(3)14-8-7-9-15(12-14)18-4/h7-9,12-13,16-17H,5-6,10-11H2,1-4H3/t13-/m1/s1. The van der Waals surface area contributed by atoms with E-state index in [0.29, 0.717) is 13.2 Å². The number of rotatable bonds is 10. The Hall–Kier alpha value is -1.10. The molecule has 0 aliphatic heterocycles. The number of nitrogens with one attached hydrogen (secondary N) is 1. The van der Waals surface area contributed by atoms with Crippen LogP contribution in [0.3, 0.4) is 0 Å². The molecule has 0 amide bonds. The van der Waals surface area contributed by atoms with Crippen LogP contribution in [0.15, 0.2) is 24.3 Å². The first-order chi connectivity index (χ1) is 9.71. The van der Waals surface area contributed by atoms with Gasteiger partial charge in [0.1, 0.15) is 5.75 Å². The smallest absolute Gasteiger partial charge is 0.158 e. The highest BCUT2D eigenvalue weighted by atomic mass is 16.7. The Bertz CT molecular complexity index is 364. The van der Waals surface area contributed by atoms with Gasteiger partial charge in [-0.15, -0.1) is 0 Å². The predicted octanol–water partition coefficient (Wildman–Crippen LogP) is 3.14. The molecule has 20 heavy (non-hydrogen) atoms. The first-order valence-corrected chi connectivity index (χ1v) is 7.31. The van der Waals surface area contributed by atoms with Gasteiger partial charge in [-0.25, -0.2) is 0 Å². The van der Waals surface area contributed by atoms with Gasteiger partial charge in [-0.2, -0.15) is 0 Å². The minimum absolute atomic E-state index is 0.116. The van der Waals surface area contributed by atoms with Crippen molar-refractivity contribution >= 4 is 0 Å². The number of methoxy groups -OCH3 is 1. The summed E-state index contributed by atoms with van der Waals surface area (Å²) >= 11 is 0. The van der Waals surface area contributed by atoms with Gasteiger partial charge in [0.25, 0.3) is 0 Å². The monoisotopic (exact) mass is 281 g/mol. The van der Waals surface area contributed by atoms with Gasteiger partial charge in [-0.05, 0) is 38.5 Å². The van der Waals surface area contributed by atoms with Crippen LogP contribution in [0.1, 0.15) is 38.8 Å². The van der Waals surface area contributed by atoms with E-state index in [9.17, 15) is 0 Å². The molecule has 0 aromatic heterocycles. The Balaban J connectivity index is 2.39. The first-order valence-electron chi connectivity index (χ1n) is 7.31. The highest BCUT2D eigenvalue weighted by Gasteiger charge is 2.10. The largest absolute Gasteiger partial charge is 0.497 e. The van der Waals surface area contributed by atoms with Gasteiger partial charge in [0.2, 0.25) is 0 Å². The molecule has 0 unspecified atom stereocenters. The maximum atomic E-state index is 5.52. The van der Waals surface area contributed by atoms with Crippen molar-refractivity contribution in [3.8, 4) is 5.75 Å². The van der Waals surface area contributed by atoms with E-state index in [1.165, 1.54) is 5.56 Å². The van der Waals surface area contributed by atoms with Crippen molar-refractivity contribution in [2.24, 2.45) is 0 Å². The van der Waals surface area contributed by atoms with E-state index in [-0.39, 0.29) is 12.3 Å². The van der Waals surface area contributed by atoms with Crippen LogP contribution in [0.4, 0.5) is 0 Å². The normalized spacial score (nSPS) is 12.7. The number of benzene rings is 1. The molecule has 0 saturated carbocycles. The molecule has 0 fully saturated rings. The minimum atomic E-state index is -0.116. The summed E-state index contributed by atoms with van der Waals surface area (Å²) in [5.74, 6) is 0.887. The molecule has 0 saturated heterocycles. The lowest BCUT2D eigenvalue weighted by atomic mass is 10.1. The van der Waals surface area contributed by atoms with Crippen LogP contribution in [0.2, 0.25) is 0 Å². The molecule has 0 aliphatic rings. The van der Waals surface area contributed by atoms with E-state index >= 15 is 0 Å². The van der Waals surface area contributed by atoms with Crippen molar-refractivity contribution in [1.29, 1.82) is 0 Å². The molecular formula is C16H27NO3. The van der Waals surface area contributed by atoms with Crippen molar-refractivity contribution in [2.75, 3.05) is 26.9 Å². The van der Waals surface area contributed by atoms with Crippen LogP contribution < -0.4 is 10.1 Å². The van der Waals surface area contributed by atoms with Crippen molar-refractivity contribution in [3.63, 3.8) is 0 Å². The summed E-state index contributed by atoms with van der Waals surface area (Å²) in [7, 11) is 1.69. The quantitative estimate of drug-likeness (QED) is 0.669. The zero-order valence-electron chi connectivity index (χ0n) is 13.0. The van der Waals surface area contributed by atoms with Gasteiger partial charge < -0.3 is 19.5 Å². The molecule has 4 nitrogen and oxygen atoms in total. The second-order valence-electron chi connectivity index (χ2n) is 4.58. The highest BCUT2D eigenvalue weighted by molar-refractivity contribution is 5.30. The third-order valence-electron chi connectivity index (χ3n) is 3.13. The van der Waals surface area contributed by atoms with E-state index in [1.54, 1.807) is 7.11 Å². The van der Waals surface area contributed by atoms with Crippen LogP contribution in [0.25, 0.3) is 0 Å². The Morgan fingerprint density at radius 2 is 1.85 bits per heavy atom. The second kappa shape index (κ2) is 9.75. The molecule has 0 heterocycles. The SMILES string of the molecule is CCOC(CCN[C@H](C)c1cccc(OC)c1)OCC. The molecule has 4 heteroatoms. The van der Waals surface area contributed by atoms with Crippen molar-refractivity contribution in [1.82, 2.24) is 5.32 Å². The lowest BCUT2D eigenvalue weighted by Gasteiger charge is -2.19. The maximum Gasteiger partial charge on any atom is 0.158 e. The van der Waals surface area contributed by atoms with Gasteiger partial charge in [0.05, 0.1) is 7.11 Å². The average Bonchev–Trinajstić information content (AvgIpc) is 2.47. The number of ether oxygens (including phenoxy) is 3. The fraction of sp³-hybridized carbons (Fsp3) is 0.625. The lowest BCUT2D eigenvalue weighted by Crippen LogP contribution is -2.26. The van der Waals surface area contributed by atoms with Gasteiger partial charge in [0.15, 0.2) is 6.29 Å². The molecular weight excluding hydrogens is 254 g/mol. The van der Waals surface area contributed by atoms with Crippen molar-refractivity contribution < 1.29 is 14.2 Å². The van der Waals surface area contributed by atoms with E-state index < -0.39 is 0 Å². The Labute approximate surface area is 122 Å². The Morgan fingerprint density at radius 1 is 1.15 bits per heavy atom. The predicted molar refractivity (Wildman–Crippen MR) is 81.1 cm³/mol.